The number of H-pyrrole nitrogens is 1. The number of aryl methyl sites for hydroxylation is 1. The monoisotopic (exact) mass is 437 g/mol. The maximum Gasteiger partial charge on any atom is 0.196 e. The smallest absolute Gasteiger partial charge is 0.196 e. The van der Waals surface area contributed by atoms with Crippen molar-refractivity contribution in [3.8, 4) is 0 Å². The molecule has 0 amide bonds. The van der Waals surface area contributed by atoms with Gasteiger partial charge in [-0.3, -0.25) is 9.97 Å². The number of nitrogens with one attached hydrogen (secondary N) is 2. The summed E-state index contributed by atoms with van der Waals surface area (Å²) in [5, 5.41) is 5.86. The van der Waals surface area contributed by atoms with Crippen molar-refractivity contribution in [3.63, 3.8) is 0 Å². The van der Waals surface area contributed by atoms with Gasteiger partial charge in [0.1, 0.15) is 11.5 Å². The molecule has 0 radical (unpaired) electrons. The standard InChI is InChI=1S/C21H20ClN7S/c1-2-13-18(22)17-19(26-13)27-21(28-20(17)29-9-11-7-24-16(11)10-29)30-12-6-15-14(25-8-12)4-3-5-23-15/h3-6,8,11,16,24H,2,7,9-10H2,1H3,(H,26,27,28). The van der Waals surface area contributed by atoms with Gasteiger partial charge in [0.05, 0.1) is 21.4 Å². The highest BCUT2D eigenvalue weighted by Crippen LogP contribution is 2.39. The van der Waals surface area contributed by atoms with Gasteiger partial charge in [0.2, 0.25) is 0 Å². The molecule has 2 atom stereocenters. The van der Waals surface area contributed by atoms with Crippen LogP contribution in [0.1, 0.15) is 12.6 Å². The van der Waals surface area contributed by atoms with Gasteiger partial charge >= 0.3 is 0 Å². The molecule has 0 aromatic carbocycles. The molecule has 30 heavy (non-hydrogen) atoms. The molecule has 2 aliphatic rings. The van der Waals surface area contributed by atoms with E-state index in [2.05, 4.69) is 32.1 Å². The van der Waals surface area contributed by atoms with Crippen molar-refractivity contribution < 1.29 is 0 Å². The van der Waals surface area contributed by atoms with Crippen LogP contribution in [-0.4, -0.2) is 50.6 Å². The first-order valence-corrected chi connectivity index (χ1v) is 11.3. The second-order valence-corrected chi connectivity index (χ2v) is 9.24. The average molecular weight is 438 g/mol. The van der Waals surface area contributed by atoms with Crippen molar-refractivity contribution in [1.29, 1.82) is 0 Å². The van der Waals surface area contributed by atoms with E-state index in [9.17, 15) is 0 Å². The van der Waals surface area contributed by atoms with Gasteiger partial charge < -0.3 is 15.2 Å². The fourth-order valence-electron chi connectivity index (χ4n) is 4.31. The van der Waals surface area contributed by atoms with Crippen LogP contribution in [0.2, 0.25) is 5.02 Å². The van der Waals surface area contributed by atoms with Crippen LogP contribution in [0, 0.1) is 5.92 Å². The van der Waals surface area contributed by atoms with Crippen molar-refractivity contribution in [2.75, 3.05) is 24.5 Å². The summed E-state index contributed by atoms with van der Waals surface area (Å²) in [6.07, 6.45) is 4.45. The van der Waals surface area contributed by atoms with Crippen LogP contribution >= 0.6 is 23.4 Å². The highest BCUT2D eigenvalue weighted by atomic mass is 35.5. The lowest BCUT2D eigenvalue weighted by atomic mass is 9.96. The Morgan fingerprint density at radius 1 is 1.23 bits per heavy atom. The topological polar surface area (TPSA) is 82.6 Å². The fraction of sp³-hybridized carbons (Fsp3) is 0.333. The Bertz CT molecular complexity index is 1260. The summed E-state index contributed by atoms with van der Waals surface area (Å²) in [5.41, 5.74) is 3.54. The third-order valence-electron chi connectivity index (χ3n) is 5.99. The zero-order valence-electron chi connectivity index (χ0n) is 16.4. The molecule has 152 valence electrons. The first-order chi connectivity index (χ1) is 14.7. The largest absolute Gasteiger partial charge is 0.354 e. The number of aromatic nitrogens is 5. The molecule has 0 bridgehead atoms. The van der Waals surface area contributed by atoms with E-state index < -0.39 is 0 Å². The van der Waals surface area contributed by atoms with E-state index in [0.29, 0.717) is 17.1 Å². The highest BCUT2D eigenvalue weighted by Gasteiger charge is 2.40. The average Bonchev–Trinajstić information content (AvgIpc) is 3.23. The third kappa shape index (κ3) is 2.93. The van der Waals surface area contributed by atoms with Gasteiger partial charge in [0.25, 0.3) is 0 Å². The number of rotatable bonds is 4. The lowest BCUT2D eigenvalue weighted by Gasteiger charge is -2.29. The molecule has 2 saturated heterocycles. The molecule has 0 spiro atoms. The van der Waals surface area contributed by atoms with Gasteiger partial charge in [-0.25, -0.2) is 9.97 Å². The van der Waals surface area contributed by atoms with Crippen LogP contribution in [0.3, 0.4) is 0 Å². The first-order valence-electron chi connectivity index (χ1n) is 10.1. The van der Waals surface area contributed by atoms with Crippen molar-refractivity contribution in [1.82, 2.24) is 30.2 Å². The molecule has 2 fully saturated rings. The second kappa shape index (κ2) is 7.08. The molecule has 4 aromatic rings. The maximum absolute atomic E-state index is 6.73. The van der Waals surface area contributed by atoms with Crippen molar-refractivity contribution in [2.45, 2.75) is 29.4 Å². The number of hydrogen-bond acceptors (Lipinski definition) is 7. The minimum absolute atomic E-state index is 0.547. The Balaban J connectivity index is 1.43. The Morgan fingerprint density at radius 3 is 2.93 bits per heavy atom. The molecular formula is C21H20ClN7S. The molecule has 9 heteroatoms. The van der Waals surface area contributed by atoms with Crippen LogP contribution in [0.25, 0.3) is 22.1 Å². The van der Waals surface area contributed by atoms with Crippen molar-refractivity contribution in [3.05, 3.63) is 41.3 Å². The van der Waals surface area contributed by atoms with E-state index in [4.69, 9.17) is 21.6 Å². The molecule has 6 rings (SSSR count). The highest BCUT2D eigenvalue weighted by molar-refractivity contribution is 7.99. The van der Waals surface area contributed by atoms with Crippen LogP contribution in [-0.2, 0) is 6.42 Å². The van der Waals surface area contributed by atoms with Crippen molar-refractivity contribution in [2.24, 2.45) is 5.92 Å². The van der Waals surface area contributed by atoms with Gasteiger partial charge in [0, 0.05) is 54.6 Å². The van der Waals surface area contributed by atoms with E-state index in [0.717, 1.165) is 69.6 Å². The number of anilines is 1. The van der Waals surface area contributed by atoms with Crippen LogP contribution < -0.4 is 10.2 Å². The summed E-state index contributed by atoms with van der Waals surface area (Å²) in [4.78, 5) is 25.4. The molecule has 0 saturated carbocycles. The van der Waals surface area contributed by atoms with E-state index >= 15 is 0 Å². The van der Waals surface area contributed by atoms with E-state index in [1.807, 2.05) is 24.4 Å². The number of fused-ring (bicyclic) bond motifs is 3. The number of aromatic amines is 1. The van der Waals surface area contributed by atoms with Crippen LogP contribution in [0.4, 0.5) is 5.82 Å². The number of halogens is 1. The summed E-state index contributed by atoms with van der Waals surface area (Å²) < 4.78 is 0. The summed E-state index contributed by atoms with van der Waals surface area (Å²) in [7, 11) is 0. The molecule has 4 aromatic heterocycles. The van der Waals surface area contributed by atoms with Crippen LogP contribution in [0.5, 0.6) is 0 Å². The summed E-state index contributed by atoms with van der Waals surface area (Å²) in [6.45, 7) is 5.12. The molecule has 2 unspecified atom stereocenters. The zero-order valence-corrected chi connectivity index (χ0v) is 18.0. The molecule has 2 aliphatic heterocycles. The Labute approximate surface area is 182 Å². The number of hydrogen-bond donors (Lipinski definition) is 2. The SMILES string of the molecule is CCc1[nH]c2nc(Sc3cnc4cccnc4c3)nc(N3CC4CNC4C3)c2c1Cl. The quantitative estimate of drug-likeness (QED) is 0.471. The van der Waals surface area contributed by atoms with Crippen molar-refractivity contribution >= 4 is 51.2 Å². The molecule has 2 N–H and O–H groups in total. The normalized spacial score (nSPS) is 20.7. The number of nitrogens with zero attached hydrogens (tertiary/aromatic N) is 5. The van der Waals surface area contributed by atoms with Crippen LogP contribution in [0.15, 0.2) is 40.6 Å². The summed E-state index contributed by atoms with van der Waals surface area (Å²) in [6, 6.07) is 6.43. The molecule has 7 nitrogen and oxygen atoms in total. The predicted octanol–water partition coefficient (Wildman–Crippen LogP) is 3.68. The van der Waals surface area contributed by atoms with Gasteiger partial charge in [0.15, 0.2) is 5.16 Å². The zero-order chi connectivity index (χ0) is 20.2. The summed E-state index contributed by atoms with van der Waals surface area (Å²) in [5.74, 6) is 1.61. The minimum atomic E-state index is 0.547. The van der Waals surface area contributed by atoms with Gasteiger partial charge in [-0.05, 0) is 36.4 Å². The molecular weight excluding hydrogens is 418 g/mol. The van der Waals surface area contributed by atoms with E-state index in [1.54, 1.807) is 6.20 Å². The van der Waals surface area contributed by atoms with Gasteiger partial charge in [-0.15, -0.1) is 0 Å². The van der Waals surface area contributed by atoms with Gasteiger partial charge in [-0.2, -0.15) is 0 Å². The minimum Gasteiger partial charge on any atom is -0.354 e. The molecule has 6 heterocycles. The second-order valence-electron chi connectivity index (χ2n) is 7.82. The Hall–Kier alpha value is -2.42. The Kier molecular flexibility index (Phi) is 4.33. The predicted molar refractivity (Wildman–Crippen MR) is 119 cm³/mol. The third-order valence-corrected chi connectivity index (χ3v) is 7.24. The lowest BCUT2D eigenvalue weighted by molar-refractivity contribution is 0.297. The van der Waals surface area contributed by atoms with E-state index in [1.165, 1.54) is 11.8 Å². The number of pyridine rings is 2. The first kappa shape index (κ1) is 18.4. The van der Waals surface area contributed by atoms with E-state index in [-0.39, 0.29) is 0 Å². The Morgan fingerprint density at radius 2 is 2.17 bits per heavy atom. The fourth-order valence-corrected chi connectivity index (χ4v) is 5.42. The summed E-state index contributed by atoms with van der Waals surface area (Å²) >= 11 is 8.23. The maximum atomic E-state index is 6.73. The molecule has 0 aliphatic carbocycles. The lowest BCUT2D eigenvalue weighted by Crippen LogP contribution is -2.51. The van der Waals surface area contributed by atoms with Gasteiger partial charge in [-0.1, -0.05) is 18.5 Å².